The van der Waals surface area contributed by atoms with Crippen molar-refractivity contribution in [2.75, 3.05) is 37.6 Å². The number of carbonyl (C=O) groups excluding carboxylic acids is 2. The molecule has 2 amide bonds. The lowest BCUT2D eigenvalue weighted by atomic mass is 10.1. The van der Waals surface area contributed by atoms with Crippen LogP contribution in [0.3, 0.4) is 0 Å². The first-order chi connectivity index (χ1) is 11.2. The highest BCUT2D eigenvalue weighted by atomic mass is 32.1. The molecular formula is C17H25N3O2S. The van der Waals surface area contributed by atoms with Gasteiger partial charge in [0.15, 0.2) is 0 Å². The lowest BCUT2D eigenvalue weighted by Crippen LogP contribution is -2.30. The Morgan fingerprint density at radius 1 is 1.26 bits per heavy atom. The predicted molar refractivity (Wildman–Crippen MR) is 93.3 cm³/mol. The monoisotopic (exact) mass is 335 g/mol. The van der Waals surface area contributed by atoms with Gasteiger partial charge < -0.3 is 15.1 Å². The Hall–Kier alpha value is -1.56. The van der Waals surface area contributed by atoms with E-state index in [1.165, 1.54) is 17.0 Å². The Kier molecular flexibility index (Phi) is 5.20. The van der Waals surface area contributed by atoms with Crippen molar-refractivity contribution < 1.29 is 9.59 Å². The van der Waals surface area contributed by atoms with Gasteiger partial charge in [-0.3, -0.25) is 9.59 Å². The van der Waals surface area contributed by atoms with Gasteiger partial charge in [-0.25, -0.2) is 0 Å². The van der Waals surface area contributed by atoms with Gasteiger partial charge >= 0.3 is 0 Å². The van der Waals surface area contributed by atoms with E-state index in [1.54, 1.807) is 11.3 Å². The predicted octanol–water partition coefficient (Wildman–Crippen LogP) is 2.26. The van der Waals surface area contributed by atoms with Crippen LogP contribution in [0.1, 0.15) is 47.8 Å². The molecule has 23 heavy (non-hydrogen) atoms. The van der Waals surface area contributed by atoms with Crippen molar-refractivity contribution in [3.63, 3.8) is 0 Å². The van der Waals surface area contributed by atoms with E-state index in [-0.39, 0.29) is 11.8 Å². The first-order valence-electron chi connectivity index (χ1n) is 8.62. The normalized spacial score (nSPS) is 17.5. The van der Waals surface area contributed by atoms with Crippen molar-refractivity contribution in [2.24, 2.45) is 0 Å². The van der Waals surface area contributed by atoms with Crippen LogP contribution >= 0.6 is 11.3 Å². The van der Waals surface area contributed by atoms with Crippen molar-refractivity contribution >= 4 is 28.2 Å². The number of anilines is 1. The largest absolute Gasteiger partial charge is 0.363 e. The molecule has 5 nitrogen and oxygen atoms in total. The van der Waals surface area contributed by atoms with Crippen LogP contribution in [0.15, 0.2) is 6.07 Å². The van der Waals surface area contributed by atoms with Gasteiger partial charge in [0, 0.05) is 39.1 Å². The van der Waals surface area contributed by atoms with Crippen LogP contribution in [-0.4, -0.2) is 49.4 Å². The number of nitrogens with zero attached hydrogens (tertiary/aromatic N) is 2. The minimum atomic E-state index is 0.0215. The molecule has 0 atom stereocenters. The second kappa shape index (κ2) is 7.34. The fourth-order valence-corrected chi connectivity index (χ4v) is 4.56. The minimum Gasteiger partial charge on any atom is -0.363 e. The molecule has 1 saturated heterocycles. The van der Waals surface area contributed by atoms with Crippen LogP contribution in [0.4, 0.5) is 5.00 Å². The average Bonchev–Trinajstić information content (AvgIpc) is 3.17. The van der Waals surface area contributed by atoms with Gasteiger partial charge in [-0.05, 0) is 44.2 Å². The molecule has 1 aromatic rings. The van der Waals surface area contributed by atoms with E-state index in [1.807, 2.05) is 4.90 Å². The first kappa shape index (κ1) is 16.3. The van der Waals surface area contributed by atoms with Crippen molar-refractivity contribution in [3.8, 4) is 0 Å². The number of hydrogen-bond donors (Lipinski definition) is 1. The molecular weight excluding hydrogens is 310 g/mol. The Bertz CT molecular complexity index is 584. The van der Waals surface area contributed by atoms with Crippen molar-refractivity contribution in [3.05, 3.63) is 16.5 Å². The molecule has 1 fully saturated rings. The lowest BCUT2D eigenvalue weighted by molar-refractivity contribution is -0.127. The van der Waals surface area contributed by atoms with E-state index in [4.69, 9.17) is 0 Å². The highest BCUT2D eigenvalue weighted by molar-refractivity contribution is 7.18. The summed E-state index contributed by atoms with van der Waals surface area (Å²) in [6.07, 6.45) is 4.72. The summed E-state index contributed by atoms with van der Waals surface area (Å²) in [5.74, 6) is 0.273. The van der Waals surface area contributed by atoms with Crippen molar-refractivity contribution in [2.45, 2.75) is 39.0 Å². The summed E-state index contributed by atoms with van der Waals surface area (Å²) in [7, 11) is 0. The van der Waals surface area contributed by atoms with Gasteiger partial charge in [0.1, 0.15) is 0 Å². The number of hydrogen-bond acceptors (Lipinski definition) is 4. The third-order valence-electron chi connectivity index (χ3n) is 4.62. The van der Waals surface area contributed by atoms with Gasteiger partial charge in [0.2, 0.25) is 5.91 Å². The zero-order chi connectivity index (χ0) is 16.2. The third-order valence-corrected chi connectivity index (χ3v) is 5.85. The third kappa shape index (κ3) is 3.68. The van der Waals surface area contributed by atoms with Gasteiger partial charge in [-0.15, -0.1) is 11.3 Å². The van der Waals surface area contributed by atoms with Gasteiger partial charge in [0.05, 0.1) is 9.88 Å². The number of nitrogens with one attached hydrogen (secondary N) is 1. The molecule has 1 aromatic heterocycles. The van der Waals surface area contributed by atoms with E-state index in [9.17, 15) is 9.59 Å². The number of amides is 2. The molecule has 0 spiro atoms. The fourth-order valence-electron chi connectivity index (χ4n) is 3.34. The lowest BCUT2D eigenvalue weighted by Gasteiger charge is -2.26. The maximum atomic E-state index is 12.3. The maximum absolute atomic E-state index is 12.3. The van der Waals surface area contributed by atoms with Crippen molar-refractivity contribution in [1.82, 2.24) is 10.2 Å². The van der Waals surface area contributed by atoms with E-state index in [0.717, 1.165) is 50.3 Å². The zero-order valence-corrected chi connectivity index (χ0v) is 14.6. The SMILES string of the molecule is CCN1CCCc2cc(C(=O)NCCCN3CCCC3=O)sc21. The Morgan fingerprint density at radius 3 is 2.78 bits per heavy atom. The van der Waals surface area contributed by atoms with E-state index >= 15 is 0 Å². The molecule has 0 bridgehead atoms. The molecule has 3 heterocycles. The highest BCUT2D eigenvalue weighted by Crippen LogP contribution is 2.35. The second-order valence-electron chi connectivity index (χ2n) is 6.22. The molecule has 3 rings (SSSR count). The smallest absolute Gasteiger partial charge is 0.261 e. The quantitative estimate of drug-likeness (QED) is 0.812. The summed E-state index contributed by atoms with van der Waals surface area (Å²) in [5.41, 5.74) is 1.32. The molecule has 2 aliphatic heterocycles. The van der Waals surface area contributed by atoms with E-state index < -0.39 is 0 Å². The topological polar surface area (TPSA) is 52.7 Å². The van der Waals surface area contributed by atoms with Gasteiger partial charge in [0.25, 0.3) is 5.91 Å². The van der Waals surface area contributed by atoms with Crippen molar-refractivity contribution in [1.29, 1.82) is 0 Å². The summed E-state index contributed by atoms with van der Waals surface area (Å²) in [4.78, 5) is 28.9. The van der Waals surface area contributed by atoms with Gasteiger partial charge in [-0.2, -0.15) is 0 Å². The van der Waals surface area contributed by atoms with Crippen LogP contribution in [-0.2, 0) is 11.2 Å². The maximum Gasteiger partial charge on any atom is 0.261 e. The molecule has 6 heteroatoms. The number of likely N-dealkylation sites (tertiary alicyclic amines) is 1. The molecule has 2 aliphatic rings. The molecule has 126 valence electrons. The summed E-state index contributed by atoms with van der Waals surface area (Å²) < 4.78 is 0. The molecule has 0 unspecified atom stereocenters. The fraction of sp³-hybridized carbons (Fsp3) is 0.647. The molecule has 0 radical (unpaired) electrons. The minimum absolute atomic E-state index is 0.0215. The highest BCUT2D eigenvalue weighted by Gasteiger charge is 2.22. The van der Waals surface area contributed by atoms with E-state index in [0.29, 0.717) is 13.0 Å². The zero-order valence-electron chi connectivity index (χ0n) is 13.8. The Morgan fingerprint density at radius 2 is 2.04 bits per heavy atom. The number of aryl methyl sites for hydroxylation is 1. The van der Waals surface area contributed by atoms with Crippen LogP contribution in [0, 0.1) is 0 Å². The van der Waals surface area contributed by atoms with Crippen LogP contribution < -0.4 is 10.2 Å². The number of carbonyl (C=O) groups is 2. The number of rotatable bonds is 6. The summed E-state index contributed by atoms with van der Waals surface area (Å²) in [5, 5.41) is 4.26. The number of thiophene rings is 1. The number of fused-ring (bicyclic) bond motifs is 1. The Labute approximate surface area is 141 Å². The standard InChI is InChI=1S/C17H25N3O2S/c1-2-19-9-3-6-13-12-14(23-17(13)19)16(22)18-8-5-11-20-10-4-7-15(20)21/h12H,2-11H2,1H3,(H,18,22). The average molecular weight is 335 g/mol. The van der Waals surface area contributed by atoms with Crippen LogP contribution in [0.5, 0.6) is 0 Å². The van der Waals surface area contributed by atoms with Crippen LogP contribution in [0.25, 0.3) is 0 Å². The summed E-state index contributed by atoms with van der Waals surface area (Å²) in [6, 6.07) is 2.06. The molecule has 1 N–H and O–H groups in total. The Balaban J connectivity index is 1.49. The molecule has 0 aromatic carbocycles. The summed E-state index contributed by atoms with van der Waals surface area (Å²) in [6.45, 7) is 6.51. The second-order valence-corrected chi connectivity index (χ2v) is 7.25. The van der Waals surface area contributed by atoms with Crippen LogP contribution in [0.2, 0.25) is 0 Å². The summed E-state index contributed by atoms with van der Waals surface area (Å²) >= 11 is 1.61. The van der Waals surface area contributed by atoms with E-state index in [2.05, 4.69) is 23.2 Å². The van der Waals surface area contributed by atoms with Gasteiger partial charge in [-0.1, -0.05) is 0 Å². The molecule has 0 saturated carbocycles. The molecule has 0 aliphatic carbocycles. The first-order valence-corrected chi connectivity index (χ1v) is 9.44.